The van der Waals surface area contributed by atoms with Gasteiger partial charge < -0.3 is 5.11 Å². The van der Waals surface area contributed by atoms with Gasteiger partial charge in [0, 0.05) is 17.3 Å². The highest BCUT2D eigenvalue weighted by atomic mass is 16.3. The van der Waals surface area contributed by atoms with Gasteiger partial charge in [0.1, 0.15) is 5.75 Å². The fourth-order valence-electron chi connectivity index (χ4n) is 8.68. The molecular weight excluding hydrogens is 691 g/mol. The van der Waals surface area contributed by atoms with Gasteiger partial charge >= 0.3 is 0 Å². The molecule has 0 fully saturated rings. The standard InChI is InChI=1S/C55H47NO/c1-53(2,3)50-39-48(54(42-24-10-4-11-25-42,43-26-12-5-13-27-43)44-28-14-6-15-29-44)38-41(52(50)57)40-56-51-37-23-22-36-49(51)55(45-30-16-7-17-31-45,46-32-18-8-19-33-46)47-34-20-9-21-35-47/h4-40,57H,1-3H3. The Morgan fingerprint density at radius 2 is 0.702 bits per heavy atom. The Hall–Kier alpha value is -6.77. The molecule has 0 saturated heterocycles. The molecule has 2 heteroatoms. The van der Waals surface area contributed by atoms with Gasteiger partial charge in [0.2, 0.25) is 0 Å². The molecule has 8 rings (SSSR count). The molecule has 0 atom stereocenters. The molecule has 0 radical (unpaired) electrons. The Morgan fingerprint density at radius 1 is 0.368 bits per heavy atom. The van der Waals surface area contributed by atoms with E-state index in [1.165, 1.54) is 0 Å². The zero-order valence-corrected chi connectivity index (χ0v) is 32.8. The van der Waals surface area contributed by atoms with Crippen molar-refractivity contribution in [2.45, 2.75) is 37.0 Å². The van der Waals surface area contributed by atoms with Crippen LogP contribution in [0.25, 0.3) is 0 Å². The maximum atomic E-state index is 12.3. The molecule has 278 valence electrons. The molecule has 0 spiro atoms. The minimum atomic E-state index is -0.693. The van der Waals surface area contributed by atoms with E-state index in [0.717, 1.165) is 55.8 Å². The summed E-state index contributed by atoms with van der Waals surface area (Å²) in [5, 5.41) is 12.3. The van der Waals surface area contributed by atoms with Gasteiger partial charge in [-0.15, -0.1) is 0 Å². The molecule has 0 aliphatic carbocycles. The van der Waals surface area contributed by atoms with Gasteiger partial charge in [-0.1, -0.05) is 221 Å². The van der Waals surface area contributed by atoms with E-state index in [0.29, 0.717) is 5.56 Å². The van der Waals surface area contributed by atoms with Gasteiger partial charge in [0.05, 0.1) is 16.5 Å². The number of benzene rings is 8. The van der Waals surface area contributed by atoms with Crippen molar-refractivity contribution in [2.24, 2.45) is 4.99 Å². The number of rotatable bonds is 10. The summed E-state index contributed by atoms with van der Waals surface area (Å²) in [7, 11) is 0. The Balaban J connectivity index is 1.40. The lowest BCUT2D eigenvalue weighted by atomic mass is 9.64. The van der Waals surface area contributed by atoms with Gasteiger partial charge in [-0.25, -0.2) is 0 Å². The van der Waals surface area contributed by atoms with Crippen molar-refractivity contribution < 1.29 is 5.11 Å². The van der Waals surface area contributed by atoms with Crippen LogP contribution >= 0.6 is 0 Å². The minimum Gasteiger partial charge on any atom is -0.507 e. The Morgan fingerprint density at radius 3 is 1.07 bits per heavy atom. The summed E-state index contributed by atoms with van der Waals surface area (Å²) in [6, 6.07) is 77.0. The molecule has 0 aromatic heterocycles. The van der Waals surface area contributed by atoms with Crippen molar-refractivity contribution in [3.05, 3.63) is 274 Å². The Kier molecular flexibility index (Phi) is 10.3. The number of hydrogen-bond donors (Lipinski definition) is 1. The van der Waals surface area contributed by atoms with Crippen molar-refractivity contribution in [1.29, 1.82) is 0 Å². The maximum Gasteiger partial charge on any atom is 0.128 e. The number of nitrogens with zero attached hydrogens (tertiary/aromatic N) is 1. The fraction of sp³-hybridized carbons (Fsp3) is 0.109. The first-order valence-electron chi connectivity index (χ1n) is 19.7. The summed E-state index contributed by atoms with van der Waals surface area (Å²) >= 11 is 0. The van der Waals surface area contributed by atoms with Crippen LogP contribution in [0, 0.1) is 0 Å². The van der Waals surface area contributed by atoms with Crippen LogP contribution in [0.2, 0.25) is 0 Å². The smallest absolute Gasteiger partial charge is 0.128 e. The van der Waals surface area contributed by atoms with Crippen molar-refractivity contribution in [3.63, 3.8) is 0 Å². The molecule has 8 aromatic rings. The van der Waals surface area contributed by atoms with Gasteiger partial charge in [0.25, 0.3) is 0 Å². The van der Waals surface area contributed by atoms with E-state index in [1.54, 1.807) is 0 Å². The molecule has 0 amide bonds. The van der Waals surface area contributed by atoms with E-state index < -0.39 is 10.8 Å². The van der Waals surface area contributed by atoms with Crippen molar-refractivity contribution in [1.82, 2.24) is 0 Å². The Labute approximate surface area is 337 Å². The number of phenols is 1. The molecule has 0 aliphatic heterocycles. The largest absolute Gasteiger partial charge is 0.507 e. The van der Waals surface area contributed by atoms with Gasteiger partial charge in [-0.2, -0.15) is 0 Å². The van der Waals surface area contributed by atoms with Crippen LogP contribution in [0.5, 0.6) is 5.75 Å². The monoisotopic (exact) mass is 737 g/mol. The van der Waals surface area contributed by atoms with Crippen LogP contribution in [-0.2, 0) is 16.2 Å². The van der Waals surface area contributed by atoms with Crippen LogP contribution in [0.1, 0.15) is 76.4 Å². The van der Waals surface area contributed by atoms with E-state index >= 15 is 0 Å². The average molecular weight is 738 g/mol. The first-order valence-corrected chi connectivity index (χ1v) is 19.7. The summed E-state index contributed by atoms with van der Waals surface area (Å²) in [4.78, 5) is 5.36. The van der Waals surface area contributed by atoms with Crippen molar-refractivity contribution in [2.75, 3.05) is 0 Å². The zero-order chi connectivity index (χ0) is 39.3. The minimum absolute atomic E-state index is 0.232. The molecule has 57 heavy (non-hydrogen) atoms. The SMILES string of the molecule is CC(C)(C)c1cc(C(c2ccccc2)(c2ccccc2)c2ccccc2)cc(C=Nc2ccccc2C(c2ccccc2)(c2ccccc2)c2ccccc2)c1O. The second-order valence-corrected chi connectivity index (χ2v) is 15.7. The highest BCUT2D eigenvalue weighted by Gasteiger charge is 2.41. The van der Waals surface area contributed by atoms with Crippen molar-refractivity contribution >= 4 is 11.9 Å². The summed E-state index contributed by atoms with van der Waals surface area (Å²) in [6.45, 7) is 6.47. The van der Waals surface area contributed by atoms with E-state index in [-0.39, 0.29) is 11.2 Å². The van der Waals surface area contributed by atoms with Crippen molar-refractivity contribution in [3.8, 4) is 5.75 Å². The number of para-hydroxylation sites is 1. The van der Waals surface area contributed by atoms with Gasteiger partial charge in [0.15, 0.2) is 0 Å². The fourth-order valence-corrected chi connectivity index (χ4v) is 8.68. The predicted molar refractivity (Wildman–Crippen MR) is 237 cm³/mol. The van der Waals surface area contributed by atoms with E-state index in [1.807, 2.05) is 12.3 Å². The number of aliphatic imine (C=N–C) groups is 1. The second-order valence-electron chi connectivity index (χ2n) is 15.7. The molecular formula is C55H47NO. The normalized spacial score (nSPS) is 12.1. The third-order valence-corrected chi connectivity index (χ3v) is 11.3. The van der Waals surface area contributed by atoms with Crippen LogP contribution in [0.4, 0.5) is 5.69 Å². The topological polar surface area (TPSA) is 32.6 Å². The molecule has 0 bridgehead atoms. The summed E-state index contributed by atoms with van der Waals surface area (Å²) in [5.41, 5.74) is 9.52. The number of aromatic hydroxyl groups is 1. The van der Waals surface area contributed by atoms with Gasteiger partial charge in [-0.3, -0.25) is 4.99 Å². The number of hydrogen-bond acceptors (Lipinski definition) is 2. The summed E-state index contributed by atoms with van der Waals surface area (Å²) < 4.78 is 0. The van der Waals surface area contributed by atoms with Crippen LogP contribution in [0.3, 0.4) is 0 Å². The second kappa shape index (κ2) is 15.8. The zero-order valence-electron chi connectivity index (χ0n) is 32.8. The van der Waals surface area contributed by atoms with E-state index in [2.05, 4.69) is 233 Å². The molecule has 8 aromatic carbocycles. The first-order chi connectivity index (χ1) is 27.8. The van der Waals surface area contributed by atoms with Gasteiger partial charge in [-0.05, 0) is 68.1 Å². The summed E-state index contributed by atoms with van der Waals surface area (Å²) in [6.07, 6.45) is 1.87. The summed E-state index contributed by atoms with van der Waals surface area (Å²) in [5.74, 6) is 0.232. The first kappa shape index (κ1) is 37.2. The highest BCUT2D eigenvalue weighted by molar-refractivity contribution is 5.88. The molecule has 0 unspecified atom stereocenters. The third-order valence-electron chi connectivity index (χ3n) is 11.3. The molecule has 0 aliphatic rings. The quantitative estimate of drug-likeness (QED) is 0.110. The third kappa shape index (κ3) is 6.78. The van der Waals surface area contributed by atoms with Crippen LogP contribution in [-0.4, -0.2) is 11.3 Å². The van der Waals surface area contributed by atoms with E-state index in [9.17, 15) is 5.11 Å². The molecule has 0 saturated carbocycles. The Bertz CT molecular complexity index is 2380. The van der Waals surface area contributed by atoms with Crippen LogP contribution < -0.4 is 0 Å². The molecule has 1 N–H and O–H groups in total. The lowest BCUT2D eigenvalue weighted by molar-refractivity contribution is 0.445. The molecule has 2 nitrogen and oxygen atoms in total. The number of phenolic OH excluding ortho intramolecular Hbond substituents is 1. The maximum absolute atomic E-state index is 12.3. The lowest BCUT2D eigenvalue weighted by Gasteiger charge is -2.38. The van der Waals surface area contributed by atoms with Crippen LogP contribution in [0.15, 0.2) is 223 Å². The van der Waals surface area contributed by atoms with E-state index in [4.69, 9.17) is 4.99 Å². The highest BCUT2D eigenvalue weighted by Crippen LogP contribution is 2.50. The lowest BCUT2D eigenvalue weighted by Crippen LogP contribution is -2.32. The average Bonchev–Trinajstić information content (AvgIpc) is 3.26. The molecule has 0 heterocycles. The predicted octanol–water partition coefficient (Wildman–Crippen LogP) is 13.2.